The third-order valence-corrected chi connectivity index (χ3v) is 4.69. The molecule has 0 amide bonds. The highest BCUT2D eigenvalue weighted by molar-refractivity contribution is 7.89. The number of nitrogens with zero attached hydrogens (tertiary/aromatic N) is 1. The lowest BCUT2D eigenvalue weighted by Crippen LogP contribution is -2.35. The van der Waals surface area contributed by atoms with Crippen molar-refractivity contribution in [3.8, 4) is 6.07 Å². The molecule has 1 aliphatic rings. The summed E-state index contributed by atoms with van der Waals surface area (Å²) in [6.07, 6.45) is 2.59. The second kappa shape index (κ2) is 6.15. The van der Waals surface area contributed by atoms with Gasteiger partial charge in [-0.3, -0.25) is 0 Å². The first-order valence-corrected chi connectivity index (χ1v) is 7.83. The summed E-state index contributed by atoms with van der Waals surface area (Å²) in [6, 6.07) is 8.00. The van der Waals surface area contributed by atoms with Gasteiger partial charge in [-0.25, -0.2) is 13.1 Å². The lowest BCUT2D eigenvalue weighted by Gasteiger charge is -2.16. The Morgan fingerprint density at radius 3 is 2.95 bits per heavy atom. The van der Waals surface area contributed by atoms with E-state index in [-0.39, 0.29) is 10.9 Å². The van der Waals surface area contributed by atoms with Crippen LogP contribution in [0.2, 0.25) is 0 Å². The number of nitrogens with one attached hydrogen (secondary N) is 2. The minimum Gasteiger partial charge on any atom is -0.317 e. The molecule has 1 aromatic rings. The summed E-state index contributed by atoms with van der Waals surface area (Å²) in [5.41, 5.74) is 0.352. The highest BCUT2D eigenvalue weighted by atomic mass is 32.2. The van der Waals surface area contributed by atoms with Crippen molar-refractivity contribution in [2.45, 2.75) is 30.2 Å². The van der Waals surface area contributed by atoms with E-state index in [0.717, 1.165) is 32.4 Å². The molecule has 1 atom stereocenters. The Labute approximate surface area is 113 Å². The van der Waals surface area contributed by atoms with E-state index in [1.54, 1.807) is 12.1 Å². The first kappa shape index (κ1) is 14.0. The summed E-state index contributed by atoms with van der Waals surface area (Å²) >= 11 is 0. The second-order valence-corrected chi connectivity index (χ2v) is 6.35. The maximum atomic E-state index is 12.2. The van der Waals surface area contributed by atoms with Crippen molar-refractivity contribution in [1.82, 2.24) is 10.0 Å². The number of rotatable bonds is 3. The first-order valence-electron chi connectivity index (χ1n) is 6.35. The highest BCUT2D eigenvalue weighted by Crippen LogP contribution is 2.14. The Bertz CT molecular complexity index is 570. The van der Waals surface area contributed by atoms with E-state index in [2.05, 4.69) is 10.0 Å². The molecule has 102 valence electrons. The van der Waals surface area contributed by atoms with E-state index < -0.39 is 10.0 Å². The van der Waals surface area contributed by atoms with E-state index in [1.807, 2.05) is 6.07 Å². The molecular formula is C13H17N3O2S. The number of hydrogen-bond acceptors (Lipinski definition) is 4. The Balaban J connectivity index is 2.15. The minimum atomic E-state index is -3.54. The monoisotopic (exact) mass is 279 g/mol. The molecule has 0 radical (unpaired) electrons. The Hall–Kier alpha value is -1.42. The number of benzene rings is 1. The highest BCUT2D eigenvalue weighted by Gasteiger charge is 2.21. The van der Waals surface area contributed by atoms with Gasteiger partial charge in [-0.15, -0.1) is 0 Å². The van der Waals surface area contributed by atoms with Crippen LogP contribution in [0.25, 0.3) is 0 Å². The molecule has 1 saturated heterocycles. The van der Waals surface area contributed by atoms with Crippen molar-refractivity contribution in [2.75, 3.05) is 13.1 Å². The van der Waals surface area contributed by atoms with Gasteiger partial charge < -0.3 is 5.32 Å². The van der Waals surface area contributed by atoms with Crippen LogP contribution in [-0.2, 0) is 10.0 Å². The van der Waals surface area contributed by atoms with Crippen LogP contribution >= 0.6 is 0 Å². The molecule has 0 bridgehead atoms. The van der Waals surface area contributed by atoms with Crippen LogP contribution in [0.4, 0.5) is 0 Å². The van der Waals surface area contributed by atoms with Gasteiger partial charge in [0, 0.05) is 6.04 Å². The van der Waals surface area contributed by atoms with Gasteiger partial charge >= 0.3 is 0 Å². The Kier molecular flexibility index (Phi) is 4.53. The van der Waals surface area contributed by atoms with Crippen molar-refractivity contribution in [3.63, 3.8) is 0 Å². The topological polar surface area (TPSA) is 82.0 Å². The Morgan fingerprint density at radius 1 is 1.32 bits per heavy atom. The maximum absolute atomic E-state index is 12.2. The fourth-order valence-electron chi connectivity index (χ4n) is 2.16. The molecule has 19 heavy (non-hydrogen) atoms. The lowest BCUT2D eigenvalue weighted by atomic mass is 10.1. The van der Waals surface area contributed by atoms with Crippen LogP contribution in [0.1, 0.15) is 24.8 Å². The molecular weight excluding hydrogens is 262 g/mol. The zero-order valence-corrected chi connectivity index (χ0v) is 11.4. The molecule has 2 N–H and O–H groups in total. The fourth-order valence-corrected chi connectivity index (χ4v) is 3.51. The second-order valence-electron chi connectivity index (χ2n) is 4.64. The van der Waals surface area contributed by atoms with Gasteiger partial charge in [-0.2, -0.15) is 5.26 Å². The van der Waals surface area contributed by atoms with Crippen molar-refractivity contribution in [2.24, 2.45) is 0 Å². The normalized spacial score (nSPS) is 20.5. The predicted octanol–water partition coefficient (Wildman–Crippen LogP) is 0.979. The molecule has 0 aliphatic carbocycles. The SMILES string of the molecule is N#Cc1cccc(S(=O)(=O)NC2CCCNCC2)c1. The third kappa shape index (κ3) is 3.77. The van der Waals surface area contributed by atoms with Gasteiger partial charge in [-0.05, 0) is 50.6 Å². The minimum absolute atomic E-state index is 0.0364. The molecule has 5 nitrogen and oxygen atoms in total. The van der Waals surface area contributed by atoms with Crippen molar-refractivity contribution >= 4 is 10.0 Å². The Morgan fingerprint density at radius 2 is 2.16 bits per heavy atom. The van der Waals surface area contributed by atoms with E-state index in [0.29, 0.717) is 5.56 Å². The maximum Gasteiger partial charge on any atom is 0.240 e. The zero-order valence-electron chi connectivity index (χ0n) is 10.6. The van der Waals surface area contributed by atoms with E-state index in [1.165, 1.54) is 12.1 Å². The van der Waals surface area contributed by atoms with E-state index >= 15 is 0 Å². The van der Waals surface area contributed by atoms with Crippen LogP contribution in [-0.4, -0.2) is 27.5 Å². The molecule has 1 fully saturated rings. The molecule has 6 heteroatoms. The fraction of sp³-hybridized carbons (Fsp3) is 0.462. The standard InChI is InChI=1S/C13H17N3O2S/c14-10-11-3-1-5-13(9-11)19(17,18)16-12-4-2-7-15-8-6-12/h1,3,5,9,12,15-16H,2,4,6-8H2. The molecule has 1 unspecified atom stereocenters. The molecule has 2 rings (SSSR count). The molecule has 0 saturated carbocycles. The summed E-state index contributed by atoms with van der Waals surface area (Å²) in [6.45, 7) is 1.76. The number of nitriles is 1. The van der Waals surface area contributed by atoms with Crippen molar-refractivity contribution in [1.29, 1.82) is 5.26 Å². The van der Waals surface area contributed by atoms with Crippen LogP contribution in [0.15, 0.2) is 29.2 Å². The zero-order chi connectivity index (χ0) is 13.7. The van der Waals surface area contributed by atoms with E-state index in [4.69, 9.17) is 5.26 Å². The largest absolute Gasteiger partial charge is 0.317 e. The molecule has 1 aliphatic heterocycles. The average Bonchev–Trinajstić information content (AvgIpc) is 2.67. The van der Waals surface area contributed by atoms with Crippen LogP contribution < -0.4 is 10.0 Å². The quantitative estimate of drug-likeness (QED) is 0.864. The predicted molar refractivity (Wildman–Crippen MR) is 72.0 cm³/mol. The third-order valence-electron chi connectivity index (χ3n) is 3.17. The average molecular weight is 279 g/mol. The van der Waals surface area contributed by atoms with Gasteiger partial charge in [0.15, 0.2) is 0 Å². The molecule has 1 aromatic carbocycles. The van der Waals surface area contributed by atoms with Crippen molar-refractivity contribution in [3.05, 3.63) is 29.8 Å². The van der Waals surface area contributed by atoms with Crippen LogP contribution in [0, 0.1) is 11.3 Å². The summed E-state index contributed by atoms with van der Waals surface area (Å²) in [7, 11) is -3.54. The van der Waals surface area contributed by atoms with Gasteiger partial charge in [0.05, 0.1) is 16.5 Å². The molecule has 0 aromatic heterocycles. The van der Waals surface area contributed by atoms with Gasteiger partial charge in [0.2, 0.25) is 10.0 Å². The lowest BCUT2D eigenvalue weighted by molar-refractivity contribution is 0.518. The number of hydrogen-bond donors (Lipinski definition) is 2. The van der Waals surface area contributed by atoms with Gasteiger partial charge in [0.1, 0.15) is 0 Å². The van der Waals surface area contributed by atoms with Crippen LogP contribution in [0.3, 0.4) is 0 Å². The smallest absolute Gasteiger partial charge is 0.240 e. The van der Waals surface area contributed by atoms with Crippen LogP contribution in [0.5, 0.6) is 0 Å². The summed E-state index contributed by atoms with van der Waals surface area (Å²) in [5, 5.41) is 12.1. The van der Waals surface area contributed by atoms with E-state index in [9.17, 15) is 8.42 Å². The van der Waals surface area contributed by atoms with Gasteiger partial charge in [-0.1, -0.05) is 6.07 Å². The molecule has 1 heterocycles. The summed E-state index contributed by atoms with van der Waals surface area (Å²) in [5.74, 6) is 0. The summed E-state index contributed by atoms with van der Waals surface area (Å²) < 4.78 is 27.2. The number of sulfonamides is 1. The van der Waals surface area contributed by atoms with Gasteiger partial charge in [0.25, 0.3) is 0 Å². The molecule has 0 spiro atoms. The first-order chi connectivity index (χ1) is 9.12. The summed E-state index contributed by atoms with van der Waals surface area (Å²) in [4.78, 5) is 0.156. The van der Waals surface area contributed by atoms with Crippen molar-refractivity contribution < 1.29 is 8.42 Å².